The molecule has 0 unspecified atom stereocenters. The molecule has 0 saturated carbocycles. The maximum absolute atomic E-state index is 12.4. The van der Waals surface area contributed by atoms with E-state index in [9.17, 15) is 4.79 Å². The lowest BCUT2D eigenvalue weighted by Gasteiger charge is -2.13. The number of nitrogens with zero attached hydrogens (tertiary/aromatic N) is 2. The van der Waals surface area contributed by atoms with E-state index in [4.69, 9.17) is 4.98 Å². The van der Waals surface area contributed by atoms with Crippen molar-refractivity contribution in [2.24, 2.45) is 0 Å². The fourth-order valence-corrected chi connectivity index (χ4v) is 5.29. The Morgan fingerprint density at radius 3 is 2.34 bits per heavy atom. The van der Waals surface area contributed by atoms with Gasteiger partial charge in [0.2, 0.25) is 0 Å². The van der Waals surface area contributed by atoms with Crippen molar-refractivity contribution in [2.75, 3.05) is 12.3 Å². The molecule has 4 rings (SSSR count). The summed E-state index contributed by atoms with van der Waals surface area (Å²) < 4.78 is 3.29. The minimum absolute atomic E-state index is 0.0431. The van der Waals surface area contributed by atoms with E-state index >= 15 is 0 Å². The number of amides is 1. The van der Waals surface area contributed by atoms with Crippen LogP contribution in [0.1, 0.15) is 36.5 Å². The van der Waals surface area contributed by atoms with Gasteiger partial charge in [-0.3, -0.25) is 4.79 Å². The summed E-state index contributed by atoms with van der Waals surface area (Å²) in [6.07, 6.45) is 3.09. The van der Waals surface area contributed by atoms with Crippen molar-refractivity contribution in [1.29, 1.82) is 0 Å². The van der Waals surface area contributed by atoms with Crippen molar-refractivity contribution in [3.05, 3.63) is 95.0 Å². The molecule has 0 radical (unpaired) electrons. The van der Waals surface area contributed by atoms with Crippen LogP contribution < -0.4 is 5.32 Å². The number of hydrogen-bond donors (Lipinski definition) is 1. The predicted octanol–water partition coefficient (Wildman–Crippen LogP) is 7.69. The maximum Gasteiger partial charge on any atom is 0.251 e. The highest BCUT2D eigenvalue weighted by Crippen LogP contribution is 2.36. The standard InChI is InChI=1S/C29H30BrN3OS/c1-2-3-19-33-27(23-14-8-5-9-15-23)26(22-12-6-4-7-13-22)32-29(33)35-20-11-18-31-28(34)24-16-10-17-25(30)21-24/h4-10,12-17,21H,2-3,11,18-20H2,1H3,(H,31,34). The normalized spacial score (nSPS) is 10.9. The summed E-state index contributed by atoms with van der Waals surface area (Å²) in [6, 6.07) is 28.4. The van der Waals surface area contributed by atoms with Gasteiger partial charge in [0.05, 0.1) is 11.4 Å². The van der Waals surface area contributed by atoms with Gasteiger partial charge in [-0.05, 0) is 31.0 Å². The summed E-state index contributed by atoms with van der Waals surface area (Å²) in [4.78, 5) is 17.5. The van der Waals surface area contributed by atoms with E-state index in [2.05, 4.69) is 87.3 Å². The minimum atomic E-state index is -0.0431. The Balaban J connectivity index is 1.50. The van der Waals surface area contributed by atoms with Gasteiger partial charge < -0.3 is 9.88 Å². The summed E-state index contributed by atoms with van der Waals surface area (Å²) in [5.74, 6) is 0.836. The van der Waals surface area contributed by atoms with Crippen LogP contribution in [0.2, 0.25) is 0 Å². The topological polar surface area (TPSA) is 46.9 Å². The molecule has 1 aromatic heterocycles. The number of thioether (sulfide) groups is 1. The summed E-state index contributed by atoms with van der Waals surface area (Å²) in [5.41, 5.74) is 5.18. The SMILES string of the molecule is CCCCn1c(SCCCNC(=O)c2cccc(Br)c2)nc(-c2ccccc2)c1-c1ccccc1. The molecule has 0 aliphatic rings. The van der Waals surface area contributed by atoms with E-state index < -0.39 is 0 Å². The average molecular weight is 549 g/mol. The zero-order chi connectivity index (χ0) is 24.5. The molecular weight excluding hydrogens is 518 g/mol. The first-order chi connectivity index (χ1) is 17.2. The predicted molar refractivity (Wildman–Crippen MR) is 150 cm³/mol. The number of benzene rings is 3. The maximum atomic E-state index is 12.4. The molecule has 1 amide bonds. The van der Waals surface area contributed by atoms with E-state index in [1.54, 1.807) is 11.8 Å². The highest BCUT2D eigenvalue weighted by molar-refractivity contribution is 9.10. The number of imidazole rings is 1. The van der Waals surface area contributed by atoms with Gasteiger partial charge in [0.1, 0.15) is 0 Å². The average Bonchev–Trinajstić information content (AvgIpc) is 3.26. The lowest BCUT2D eigenvalue weighted by molar-refractivity contribution is 0.0953. The number of nitrogens with one attached hydrogen (secondary N) is 1. The third-order valence-electron chi connectivity index (χ3n) is 5.69. The van der Waals surface area contributed by atoms with Crippen LogP contribution in [0.3, 0.4) is 0 Å². The van der Waals surface area contributed by atoms with Crippen LogP contribution in [0.25, 0.3) is 22.5 Å². The first-order valence-corrected chi connectivity index (χ1v) is 13.8. The zero-order valence-corrected chi connectivity index (χ0v) is 22.3. The van der Waals surface area contributed by atoms with Crippen molar-refractivity contribution < 1.29 is 4.79 Å². The summed E-state index contributed by atoms with van der Waals surface area (Å²) in [6.45, 7) is 3.78. The molecule has 0 aliphatic carbocycles. The lowest BCUT2D eigenvalue weighted by atomic mass is 10.0. The van der Waals surface area contributed by atoms with Gasteiger partial charge in [-0.1, -0.05) is 108 Å². The molecule has 0 atom stereocenters. The molecule has 0 spiro atoms. The number of carbonyl (C=O) groups is 1. The van der Waals surface area contributed by atoms with Gasteiger partial charge in [-0.15, -0.1) is 0 Å². The Morgan fingerprint density at radius 2 is 1.66 bits per heavy atom. The molecule has 4 nitrogen and oxygen atoms in total. The van der Waals surface area contributed by atoms with E-state index in [1.807, 2.05) is 30.3 Å². The van der Waals surface area contributed by atoms with Crippen molar-refractivity contribution in [3.63, 3.8) is 0 Å². The highest BCUT2D eigenvalue weighted by atomic mass is 79.9. The Morgan fingerprint density at radius 1 is 0.943 bits per heavy atom. The van der Waals surface area contributed by atoms with Gasteiger partial charge in [-0.2, -0.15) is 0 Å². The van der Waals surface area contributed by atoms with E-state index in [1.165, 1.54) is 11.3 Å². The summed E-state index contributed by atoms with van der Waals surface area (Å²) >= 11 is 5.19. The largest absolute Gasteiger partial charge is 0.352 e. The Bertz CT molecular complexity index is 1240. The van der Waals surface area contributed by atoms with Crippen LogP contribution in [0.15, 0.2) is 94.6 Å². The molecule has 4 aromatic rings. The highest BCUT2D eigenvalue weighted by Gasteiger charge is 2.20. The van der Waals surface area contributed by atoms with Crippen LogP contribution in [0.4, 0.5) is 0 Å². The monoisotopic (exact) mass is 547 g/mol. The van der Waals surface area contributed by atoms with Crippen molar-refractivity contribution >= 4 is 33.6 Å². The Hall–Kier alpha value is -2.83. The first kappa shape index (κ1) is 25.3. The molecule has 35 heavy (non-hydrogen) atoms. The molecule has 180 valence electrons. The van der Waals surface area contributed by atoms with Gasteiger partial charge in [0, 0.05) is 40.0 Å². The fraction of sp³-hybridized carbons (Fsp3) is 0.241. The zero-order valence-electron chi connectivity index (χ0n) is 19.9. The molecule has 3 aromatic carbocycles. The minimum Gasteiger partial charge on any atom is -0.352 e. The lowest BCUT2D eigenvalue weighted by Crippen LogP contribution is -2.24. The van der Waals surface area contributed by atoms with E-state index in [0.717, 1.165) is 52.4 Å². The van der Waals surface area contributed by atoms with Crippen LogP contribution in [0.5, 0.6) is 0 Å². The van der Waals surface area contributed by atoms with Crippen molar-refractivity contribution in [2.45, 2.75) is 37.9 Å². The molecule has 0 saturated heterocycles. The number of halogens is 1. The molecule has 6 heteroatoms. The second-order valence-corrected chi connectivity index (χ2v) is 10.3. The van der Waals surface area contributed by atoms with Crippen LogP contribution in [-0.2, 0) is 6.54 Å². The van der Waals surface area contributed by atoms with E-state index in [0.29, 0.717) is 12.1 Å². The molecule has 0 fully saturated rings. The van der Waals surface area contributed by atoms with Crippen LogP contribution in [-0.4, -0.2) is 27.8 Å². The van der Waals surface area contributed by atoms with Crippen LogP contribution in [0, 0.1) is 0 Å². The van der Waals surface area contributed by atoms with Gasteiger partial charge in [0.25, 0.3) is 5.91 Å². The van der Waals surface area contributed by atoms with Crippen molar-refractivity contribution in [1.82, 2.24) is 14.9 Å². The second-order valence-electron chi connectivity index (χ2n) is 8.30. The third-order valence-corrected chi connectivity index (χ3v) is 7.24. The quantitative estimate of drug-likeness (QED) is 0.154. The van der Waals surface area contributed by atoms with Gasteiger partial charge >= 0.3 is 0 Å². The molecule has 0 bridgehead atoms. The molecule has 1 N–H and O–H groups in total. The van der Waals surface area contributed by atoms with Gasteiger partial charge in [0.15, 0.2) is 5.16 Å². The first-order valence-electron chi connectivity index (χ1n) is 12.0. The van der Waals surface area contributed by atoms with E-state index in [-0.39, 0.29) is 5.91 Å². The number of unbranched alkanes of at least 4 members (excludes halogenated alkanes) is 1. The molecule has 0 aliphatic heterocycles. The van der Waals surface area contributed by atoms with Crippen molar-refractivity contribution in [3.8, 4) is 22.5 Å². The van der Waals surface area contributed by atoms with Crippen LogP contribution >= 0.6 is 27.7 Å². The number of aromatic nitrogens is 2. The fourth-order valence-electron chi connectivity index (χ4n) is 3.92. The summed E-state index contributed by atoms with van der Waals surface area (Å²) in [7, 11) is 0. The number of carbonyl (C=O) groups excluding carboxylic acids is 1. The molecule has 1 heterocycles. The number of hydrogen-bond acceptors (Lipinski definition) is 3. The third kappa shape index (κ3) is 6.65. The Labute approximate surface area is 220 Å². The Kier molecular flexibility index (Phi) is 9.21. The second kappa shape index (κ2) is 12.8. The molecular formula is C29H30BrN3OS. The number of rotatable bonds is 11. The smallest absolute Gasteiger partial charge is 0.251 e. The summed E-state index contributed by atoms with van der Waals surface area (Å²) in [5, 5.41) is 4.07. The van der Waals surface area contributed by atoms with Gasteiger partial charge in [-0.25, -0.2) is 4.98 Å².